The molecule has 1 amide bonds. The molecule has 3 fully saturated rings. The Morgan fingerprint density at radius 1 is 1.16 bits per heavy atom. The van der Waals surface area contributed by atoms with Crippen LogP contribution in [0.1, 0.15) is 60.9 Å². The molecular weight excluding hydrogens is 468 g/mol. The summed E-state index contributed by atoms with van der Waals surface area (Å²) < 4.78 is 7.39. The van der Waals surface area contributed by atoms with E-state index in [0.29, 0.717) is 17.5 Å². The maximum atomic E-state index is 12.6. The molecule has 3 heterocycles. The largest absolute Gasteiger partial charge is 0.391 e. The van der Waals surface area contributed by atoms with E-state index in [0.717, 1.165) is 98.7 Å². The lowest BCUT2D eigenvalue weighted by Gasteiger charge is -2.29. The highest BCUT2D eigenvalue weighted by molar-refractivity contribution is 5.97. The summed E-state index contributed by atoms with van der Waals surface area (Å²) in [4.78, 5) is 17.6. The van der Waals surface area contributed by atoms with Gasteiger partial charge in [-0.15, -0.1) is 0 Å². The average molecular weight is 505 g/mol. The Morgan fingerprint density at radius 3 is 2.78 bits per heavy atom. The van der Waals surface area contributed by atoms with Crippen molar-refractivity contribution in [2.24, 2.45) is 5.92 Å². The minimum atomic E-state index is -0.375. The molecule has 0 radical (unpaired) electrons. The van der Waals surface area contributed by atoms with Crippen LogP contribution in [0.25, 0.3) is 16.8 Å². The first kappa shape index (κ1) is 24.2. The number of fused-ring (bicyclic) bond motifs is 1. The maximum absolute atomic E-state index is 12.6. The second-order valence-corrected chi connectivity index (χ2v) is 10.8. The van der Waals surface area contributed by atoms with Crippen molar-refractivity contribution in [1.29, 1.82) is 0 Å². The normalized spacial score (nSPS) is 23.8. The van der Waals surface area contributed by atoms with Crippen LogP contribution in [0.3, 0.4) is 0 Å². The standard InChI is InChI=1S/C28H36N6O3/c1-17-12-19(6-9-21(17)28(36)31-20-7-8-20)22-15-30-34-26(29-14-18-10-11-37-16-18)13-25(33-27(22)34)32-23-4-2-3-5-24(23)35/h6,9,12-13,15,18,20,23-24,29,35H,2-5,7-8,10-11,14,16H2,1H3,(H,31,36)(H,32,33)/t18-,23?,24+/m0/s1. The van der Waals surface area contributed by atoms with Crippen LogP contribution in [-0.2, 0) is 4.74 Å². The molecule has 1 aromatic carbocycles. The number of hydrogen-bond acceptors (Lipinski definition) is 7. The van der Waals surface area contributed by atoms with Crippen molar-refractivity contribution in [3.8, 4) is 11.1 Å². The second kappa shape index (κ2) is 10.3. The van der Waals surface area contributed by atoms with Crippen LogP contribution in [0.2, 0.25) is 0 Å². The van der Waals surface area contributed by atoms with Gasteiger partial charge in [-0.3, -0.25) is 4.79 Å². The van der Waals surface area contributed by atoms with Crippen molar-refractivity contribution >= 4 is 23.2 Å². The summed E-state index contributed by atoms with van der Waals surface area (Å²) in [5, 5.41) is 25.4. The van der Waals surface area contributed by atoms with Crippen molar-refractivity contribution in [2.75, 3.05) is 30.4 Å². The Kier molecular flexibility index (Phi) is 6.73. The summed E-state index contributed by atoms with van der Waals surface area (Å²) in [5.74, 6) is 2.03. The van der Waals surface area contributed by atoms with Gasteiger partial charge in [0.15, 0.2) is 5.65 Å². The predicted molar refractivity (Wildman–Crippen MR) is 143 cm³/mol. The summed E-state index contributed by atoms with van der Waals surface area (Å²) in [7, 11) is 0. The number of anilines is 2. The highest BCUT2D eigenvalue weighted by atomic mass is 16.5. The van der Waals surface area contributed by atoms with E-state index in [1.165, 1.54) is 0 Å². The zero-order valence-electron chi connectivity index (χ0n) is 21.4. The molecule has 196 valence electrons. The van der Waals surface area contributed by atoms with Crippen LogP contribution in [-0.4, -0.2) is 63.6 Å². The fraction of sp³-hybridized carbons (Fsp3) is 0.536. The lowest BCUT2D eigenvalue weighted by molar-refractivity contribution is 0.0950. The Labute approximate surface area is 217 Å². The zero-order chi connectivity index (χ0) is 25.4. The van der Waals surface area contributed by atoms with Crippen molar-refractivity contribution < 1.29 is 14.6 Å². The van der Waals surface area contributed by atoms with Crippen LogP contribution >= 0.6 is 0 Å². The Balaban J connectivity index is 1.33. The zero-order valence-corrected chi connectivity index (χ0v) is 21.4. The number of nitrogens with one attached hydrogen (secondary N) is 3. The van der Waals surface area contributed by atoms with E-state index in [2.05, 4.69) is 21.0 Å². The fourth-order valence-electron chi connectivity index (χ4n) is 5.41. The third-order valence-corrected chi connectivity index (χ3v) is 7.83. The van der Waals surface area contributed by atoms with E-state index < -0.39 is 0 Å². The van der Waals surface area contributed by atoms with Gasteiger partial charge in [-0.25, -0.2) is 4.98 Å². The lowest BCUT2D eigenvalue weighted by Crippen LogP contribution is -2.36. The van der Waals surface area contributed by atoms with Gasteiger partial charge >= 0.3 is 0 Å². The molecule has 2 aliphatic carbocycles. The van der Waals surface area contributed by atoms with E-state index in [1.807, 2.05) is 41.9 Å². The molecule has 3 aliphatic rings. The number of carbonyl (C=O) groups is 1. The number of aliphatic hydroxyl groups is 1. The molecule has 4 N–H and O–H groups in total. The van der Waals surface area contributed by atoms with E-state index >= 15 is 0 Å². The molecule has 9 nitrogen and oxygen atoms in total. The molecule has 2 aromatic heterocycles. The van der Waals surface area contributed by atoms with Crippen molar-refractivity contribution in [1.82, 2.24) is 19.9 Å². The summed E-state index contributed by atoms with van der Waals surface area (Å²) >= 11 is 0. The molecule has 3 aromatic rings. The number of nitrogens with zero attached hydrogens (tertiary/aromatic N) is 3. The number of aromatic nitrogens is 3. The number of carbonyl (C=O) groups excluding carboxylic acids is 1. The SMILES string of the molecule is Cc1cc(-c2cnn3c(NC[C@@H]4CCOC4)cc(NC4CCCC[C@H]4O)nc23)ccc1C(=O)NC1CC1. The van der Waals surface area contributed by atoms with Gasteiger partial charge in [0, 0.05) is 42.3 Å². The average Bonchev–Trinajstić information content (AvgIpc) is 3.36. The molecule has 1 unspecified atom stereocenters. The van der Waals surface area contributed by atoms with Gasteiger partial charge in [0.2, 0.25) is 0 Å². The highest BCUT2D eigenvalue weighted by Gasteiger charge is 2.26. The third-order valence-electron chi connectivity index (χ3n) is 7.83. The molecule has 0 bridgehead atoms. The van der Waals surface area contributed by atoms with Gasteiger partial charge in [0.25, 0.3) is 5.91 Å². The Morgan fingerprint density at radius 2 is 2.03 bits per heavy atom. The number of aryl methyl sites for hydroxylation is 1. The van der Waals surface area contributed by atoms with Gasteiger partial charge in [0.05, 0.1) is 24.9 Å². The molecule has 37 heavy (non-hydrogen) atoms. The minimum absolute atomic E-state index is 0.00977. The van der Waals surface area contributed by atoms with Crippen LogP contribution in [0.4, 0.5) is 11.6 Å². The fourth-order valence-corrected chi connectivity index (χ4v) is 5.41. The number of aliphatic hydroxyl groups excluding tert-OH is 1. The molecule has 1 saturated heterocycles. The first-order valence-electron chi connectivity index (χ1n) is 13.6. The summed E-state index contributed by atoms with van der Waals surface area (Å²) in [6, 6.07) is 8.20. The van der Waals surface area contributed by atoms with Crippen LogP contribution in [0.15, 0.2) is 30.5 Å². The van der Waals surface area contributed by atoms with Crippen LogP contribution in [0.5, 0.6) is 0 Å². The van der Waals surface area contributed by atoms with Crippen molar-refractivity contribution in [3.63, 3.8) is 0 Å². The van der Waals surface area contributed by atoms with Gasteiger partial charge in [0.1, 0.15) is 11.6 Å². The molecule has 6 rings (SSSR count). The number of benzene rings is 1. The monoisotopic (exact) mass is 504 g/mol. The first-order valence-corrected chi connectivity index (χ1v) is 13.6. The van der Waals surface area contributed by atoms with E-state index in [9.17, 15) is 9.90 Å². The van der Waals surface area contributed by atoms with Gasteiger partial charge in [-0.05, 0) is 56.2 Å². The molecular formula is C28H36N6O3. The van der Waals surface area contributed by atoms with Crippen LogP contribution in [0, 0.1) is 12.8 Å². The third kappa shape index (κ3) is 5.29. The lowest BCUT2D eigenvalue weighted by atomic mass is 9.92. The van der Waals surface area contributed by atoms with E-state index in [-0.39, 0.29) is 18.1 Å². The molecule has 1 aliphatic heterocycles. The van der Waals surface area contributed by atoms with Gasteiger partial charge in [-0.2, -0.15) is 9.61 Å². The first-order chi connectivity index (χ1) is 18.0. The molecule has 2 saturated carbocycles. The minimum Gasteiger partial charge on any atom is -0.391 e. The smallest absolute Gasteiger partial charge is 0.251 e. The topological polar surface area (TPSA) is 113 Å². The number of amides is 1. The highest BCUT2D eigenvalue weighted by Crippen LogP contribution is 2.30. The second-order valence-electron chi connectivity index (χ2n) is 10.8. The van der Waals surface area contributed by atoms with Gasteiger partial charge < -0.3 is 25.8 Å². The molecule has 9 heteroatoms. The predicted octanol–water partition coefficient (Wildman–Crippen LogP) is 3.76. The van der Waals surface area contributed by atoms with E-state index in [1.54, 1.807) is 0 Å². The summed E-state index contributed by atoms with van der Waals surface area (Å²) in [6.45, 7) is 4.34. The Hall–Kier alpha value is -3.17. The van der Waals surface area contributed by atoms with Gasteiger partial charge in [-0.1, -0.05) is 25.0 Å². The quantitative estimate of drug-likeness (QED) is 0.369. The summed E-state index contributed by atoms with van der Waals surface area (Å²) in [5.41, 5.74) is 4.23. The number of rotatable bonds is 8. The molecule has 0 spiro atoms. The van der Waals surface area contributed by atoms with Crippen molar-refractivity contribution in [3.05, 3.63) is 41.6 Å². The van der Waals surface area contributed by atoms with Crippen molar-refractivity contribution in [2.45, 2.75) is 70.1 Å². The maximum Gasteiger partial charge on any atom is 0.251 e. The number of hydrogen-bond donors (Lipinski definition) is 4. The molecule has 3 atom stereocenters. The van der Waals surface area contributed by atoms with E-state index in [4.69, 9.17) is 9.72 Å². The van der Waals surface area contributed by atoms with Crippen LogP contribution < -0.4 is 16.0 Å². The Bertz CT molecular complexity index is 1280. The summed E-state index contributed by atoms with van der Waals surface area (Å²) in [6.07, 6.45) is 8.53. The number of ether oxygens (including phenoxy) is 1.